The highest BCUT2D eigenvalue weighted by Gasteiger charge is 2.21. The number of halogens is 1. The first-order chi connectivity index (χ1) is 7.25. The van der Waals surface area contributed by atoms with Crippen molar-refractivity contribution in [3.05, 3.63) is 34.9 Å². The average molecular weight is 225 g/mol. The van der Waals surface area contributed by atoms with Gasteiger partial charge in [-0.3, -0.25) is 4.79 Å². The summed E-state index contributed by atoms with van der Waals surface area (Å²) >= 11 is 5.88. The maximum atomic E-state index is 11.5. The summed E-state index contributed by atoms with van der Waals surface area (Å²) in [6, 6.07) is 7.48. The second kappa shape index (κ2) is 4.64. The van der Waals surface area contributed by atoms with Gasteiger partial charge >= 0.3 is 0 Å². The Morgan fingerprint density at radius 1 is 1.40 bits per heavy atom. The average Bonchev–Trinajstić information content (AvgIpc) is 2.22. The molecule has 3 nitrogen and oxygen atoms in total. The lowest BCUT2D eigenvalue weighted by molar-refractivity contribution is -0.124. The van der Waals surface area contributed by atoms with Gasteiger partial charge in [-0.15, -0.1) is 0 Å². The van der Waals surface area contributed by atoms with Crippen molar-refractivity contribution in [3.63, 3.8) is 0 Å². The van der Waals surface area contributed by atoms with Crippen LogP contribution in [0.3, 0.4) is 0 Å². The predicted octanol–water partition coefficient (Wildman–Crippen LogP) is 0.970. The van der Waals surface area contributed by atoms with Crippen LogP contribution in [0.4, 0.5) is 0 Å². The summed E-state index contributed by atoms with van der Waals surface area (Å²) in [7, 11) is 0. The minimum Gasteiger partial charge on any atom is -0.353 e. The van der Waals surface area contributed by atoms with Crippen molar-refractivity contribution in [2.75, 3.05) is 13.1 Å². The van der Waals surface area contributed by atoms with Crippen molar-refractivity contribution >= 4 is 17.5 Å². The van der Waals surface area contributed by atoms with Crippen LogP contribution in [-0.4, -0.2) is 25.0 Å². The summed E-state index contributed by atoms with van der Waals surface area (Å²) in [6.07, 6.45) is 0.687. The molecule has 0 unspecified atom stereocenters. The molecule has 0 radical (unpaired) electrons. The Morgan fingerprint density at radius 2 is 2.27 bits per heavy atom. The lowest BCUT2D eigenvalue weighted by atomic mass is 10.0. The minimum absolute atomic E-state index is 0.0706. The van der Waals surface area contributed by atoms with E-state index < -0.39 is 0 Å². The second-order valence-corrected chi connectivity index (χ2v) is 4.07. The van der Waals surface area contributed by atoms with Gasteiger partial charge in [-0.2, -0.15) is 0 Å². The van der Waals surface area contributed by atoms with E-state index in [0.29, 0.717) is 18.0 Å². The van der Waals surface area contributed by atoms with E-state index in [1.54, 1.807) is 0 Å². The van der Waals surface area contributed by atoms with Crippen molar-refractivity contribution in [1.29, 1.82) is 0 Å². The number of hydrogen-bond donors (Lipinski definition) is 2. The summed E-state index contributed by atoms with van der Waals surface area (Å²) in [5.74, 6) is 0.0706. The Labute approximate surface area is 93.8 Å². The molecule has 1 aromatic carbocycles. The van der Waals surface area contributed by atoms with Crippen LogP contribution in [0.2, 0.25) is 5.02 Å². The van der Waals surface area contributed by atoms with Gasteiger partial charge in [0.2, 0.25) is 5.91 Å². The smallest absolute Gasteiger partial charge is 0.237 e. The standard InChI is InChI=1S/C11H13ClN2O/c12-9-3-1-2-8(6-9)7-10-11(15)14-5-4-13-10/h1-3,6,10,13H,4-5,7H2,(H,14,15)/t10-/m0/s1. The SMILES string of the molecule is O=C1NCCN[C@H]1Cc1cccc(Cl)c1. The summed E-state index contributed by atoms with van der Waals surface area (Å²) in [6.45, 7) is 1.54. The molecule has 0 spiro atoms. The zero-order valence-electron chi connectivity index (χ0n) is 8.29. The highest BCUT2D eigenvalue weighted by molar-refractivity contribution is 6.30. The van der Waals surface area contributed by atoms with Gasteiger partial charge in [0.25, 0.3) is 0 Å². The second-order valence-electron chi connectivity index (χ2n) is 3.63. The van der Waals surface area contributed by atoms with Crippen molar-refractivity contribution in [3.8, 4) is 0 Å². The Bertz CT molecular complexity index is 367. The van der Waals surface area contributed by atoms with Gasteiger partial charge in [-0.05, 0) is 24.1 Å². The van der Waals surface area contributed by atoms with Crippen LogP contribution in [0.15, 0.2) is 24.3 Å². The molecular weight excluding hydrogens is 212 g/mol. The van der Waals surface area contributed by atoms with E-state index in [2.05, 4.69) is 10.6 Å². The molecule has 1 heterocycles. The largest absolute Gasteiger partial charge is 0.353 e. The van der Waals surface area contributed by atoms with Crippen molar-refractivity contribution < 1.29 is 4.79 Å². The molecule has 1 aromatic rings. The van der Waals surface area contributed by atoms with Crippen molar-refractivity contribution in [1.82, 2.24) is 10.6 Å². The number of rotatable bonds is 2. The third kappa shape index (κ3) is 2.70. The number of piperazine rings is 1. The van der Waals surface area contributed by atoms with Crippen molar-refractivity contribution in [2.24, 2.45) is 0 Å². The van der Waals surface area contributed by atoms with Crippen LogP contribution < -0.4 is 10.6 Å². The Kier molecular flexibility index (Phi) is 3.23. The lowest BCUT2D eigenvalue weighted by Gasteiger charge is -2.23. The van der Waals surface area contributed by atoms with E-state index in [1.807, 2.05) is 24.3 Å². The van der Waals surface area contributed by atoms with Crippen LogP contribution >= 0.6 is 11.6 Å². The summed E-state index contributed by atoms with van der Waals surface area (Å²) in [5, 5.41) is 6.73. The van der Waals surface area contributed by atoms with Gasteiger partial charge in [0.1, 0.15) is 0 Å². The molecule has 0 aliphatic carbocycles. The predicted molar refractivity (Wildman–Crippen MR) is 60.0 cm³/mol. The molecule has 0 bridgehead atoms. The monoisotopic (exact) mass is 224 g/mol. The molecule has 15 heavy (non-hydrogen) atoms. The maximum Gasteiger partial charge on any atom is 0.237 e. The van der Waals surface area contributed by atoms with Crippen LogP contribution in [0.5, 0.6) is 0 Å². The summed E-state index contributed by atoms with van der Waals surface area (Å²) in [4.78, 5) is 11.5. The molecule has 4 heteroatoms. The van der Waals surface area contributed by atoms with Crippen LogP contribution in [0.25, 0.3) is 0 Å². The van der Waals surface area contributed by atoms with Gasteiger partial charge < -0.3 is 10.6 Å². The van der Waals surface area contributed by atoms with E-state index in [-0.39, 0.29) is 11.9 Å². The molecule has 0 aromatic heterocycles. The van der Waals surface area contributed by atoms with Gasteiger partial charge in [-0.1, -0.05) is 23.7 Å². The third-order valence-electron chi connectivity index (χ3n) is 2.46. The molecule has 1 saturated heterocycles. The van der Waals surface area contributed by atoms with E-state index in [0.717, 1.165) is 12.1 Å². The fraction of sp³-hybridized carbons (Fsp3) is 0.364. The van der Waals surface area contributed by atoms with Crippen molar-refractivity contribution in [2.45, 2.75) is 12.5 Å². The first-order valence-corrected chi connectivity index (χ1v) is 5.39. The maximum absolute atomic E-state index is 11.5. The van der Waals surface area contributed by atoms with Crippen LogP contribution in [0.1, 0.15) is 5.56 Å². The first-order valence-electron chi connectivity index (χ1n) is 5.01. The Morgan fingerprint density at radius 3 is 3.00 bits per heavy atom. The molecular formula is C11H13ClN2O. The number of hydrogen-bond acceptors (Lipinski definition) is 2. The fourth-order valence-corrected chi connectivity index (χ4v) is 1.93. The molecule has 1 atom stereocenters. The zero-order chi connectivity index (χ0) is 10.7. The molecule has 1 amide bonds. The lowest BCUT2D eigenvalue weighted by Crippen LogP contribution is -2.53. The number of carbonyl (C=O) groups excluding carboxylic acids is 1. The van der Waals surface area contributed by atoms with E-state index >= 15 is 0 Å². The summed E-state index contributed by atoms with van der Waals surface area (Å²) < 4.78 is 0. The van der Waals surface area contributed by atoms with E-state index in [4.69, 9.17) is 11.6 Å². The molecule has 80 valence electrons. The molecule has 1 aliphatic heterocycles. The zero-order valence-corrected chi connectivity index (χ0v) is 9.05. The third-order valence-corrected chi connectivity index (χ3v) is 2.70. The van der Waals surface area contributed by atoms with E-state index in [9.17, 15) is 4.79 Å². The van der Waals surface area contributed by atoms with E-state index in [1.165, 1.54) is 0 Å². The van der Waals surface area contributed by atoms with Gasteiger partial charge in [0.15, 0.2) is 0 Å². The number of carbonyl (C=O) groups is 1. The topological polar surface area (TPSA) is 41.1 Å². The fourth-order valence-electron chi connectivity index (χ4n) is 1.71. The highest BCUT2D eigenvalue weighted by Crippen LogP contribution is 2.12. The van der Waals surface area contributed by atoms with Gasteiger partial charge in [0, 0.05) is 18.1 Å². The Balaban J connectivity index is 2.04. The summed E-state index contributed by atoms with van der Waals surface area (Å²) in [5.41, 5.74) is 1.08. The van der Waals surface area contributed by atoms with Crippen LogP contribution in [-0.2, 0) is 11.2 Å². The Hall–Kier alpha value is -1.06. The first kappa shape index (κ1) is 10.5. The molecule has 0 saturated carbocycles. The molecule has 2 rings (SSSR count). The molecule has 1 aliphatic rings. The molecule has 2 N–H and O–H groups in total. The quantitative estimate of drug-likeness (QED) is 0.786. The minimum atomic E-state index is -0.128. The highest BCUT2D eigenvalue weighted by atomic mass is 35.5. The van der Waals surface area contributed by atoms with Crippen LogP contribution in [0, 0.1) is 0 Å². The molecule has 1 fully saturated rings. The normalized spacial score (nSPS) is 21.1. The number of benzene rings is 1. The number of nitrogens with one attached hydrogen (secondary N) is 2. The van der Waals surface area contributed by atoms with Gasteiger partial charge in [0.05, 0.1) is 6.04 Å². The number of amides is 1. The van der Waals surface area contributed by atoms with Gasteiger partial charge in [-0.25, -0.2) is 0 Å².